The standard InChI is InChI=1S/C23H17N5O/c1-14-16-10-9-15(12-21(16)28-27-14)25-23(29)18-13-22(20-8-4-5-11-24-20)26-19-7-3-2-6-17(18)19/h2-13H,1H3,(H,25,29)(H,27,28). The number of aryl methyl sites for hydroxylation is 1. The van der Waals surface area contributed by atoms with Crippen molar-refractivity contribution in [2.24, 2.45) is 0 Å². The molecular weight excluding hydrogens is 362 g/mol. The number of nitrogens with one attached hydrogen (secondary N) is 2. The Hall–Kier alpha value is -4.06. The number of carbonyl (C=O) groups excluding carboxylic acids is 1. The van der Waals surface area contributed by atoms with E-state index in [1.165, 1.54) is 0 Å². The quantitative estimate of drug-likeness (QED) is 0.474. The fourth-order valence-corrected chi connectivity index (χ4v) is 3.43. The highest BCUT2D eigenvalue weighted by Crippen LogP contribution is 2.25. The molecule has 5 aromatic rings. The normalized spacial score (nSPS) is 11.1. The number of aromatic amines is 1. The molecule has 0 aliphatic carbocycles. The van der Waals surface area contributed by atoms with Crippen molar-refractivity contribution in [3.63, 3.8) is 0 Å². The third-order valence-electron chi connectivity index (χ3n) is 4.89. The minimum Gasteiger partial charge on any atom is -0.322 e. The summed E-state index contributed by atoms with van der Waals surface area (Å²) in [5.74, 6) is -0.201. The Bertz CT molecular complexity index is 1360. The Morgan fingerprint density at radius 3 is 2.62 bits per heavy atom. The van der Waals surface area contributed by atoms with Gasteiger partial charge >= 0.3 is 0 Å². The van der Waals surface area contributed by atoms with Gasteiger partial charge < -0.3 is 5.32 Å². The molecule has 0 atom stereocenters. The van der Waals surface area contributed by atoms with Gasteiger partial charge in [-0.15, -0.1) is 0 Å². The highest BCUT2D eigenvalue weighted by molar-refractivity contribution is 6.13. The highest BCUT2D eigenvalue weighted by atomic mass is 16.1. The number of H-pyrrole nitrogens is 1. The van der Waals surface area contributed by atoms with E-state index in [0.717, 1.165) is 33.2 Å². The van der Waals surface area contributed by atoms with Crippen molar-refractivity contribution < 1.29 is 4.79 Å². The van der Waals surface area contributed by atoms with Crippen molar-refractivity contribution in [3.05, 3.63) is 84.2 Å². The second kappa shape index (κ2) is 6.83. The number of hydrogen-bond acceptors (Lipinski definition) is 4. The lowest BCUT2D eigenvalue weighted by Gasteiger charge is -2.10. The Morgan fingerprint density at radius 1 is 0.897 bits per heavy atom. The third kappa shape index (κ3) is 3.10. The minimum absolute atomic E-state index is 0.201. The first kappa shape index (κ1) is 17.1. The minimum atomic E-state index is -0.201. The summed E-state index contributed by atoms with van der Waals surface area (Å²) in [6.07, 6.45) is 1.72. The smallest absolute Gasteiger partial charge is 0.256 e. The fourth-order valence-electron chi connectivity index (χ4n) is 3.43. The van der Waals surface area contributed by atoms with Crippen LogP contribution in [0.25, 0.3) is 33.2 Å². The molecule has 0 bridgehead atoms. The number of pyridine rings is 2. The maximum Gasteiger partial charge on any atom is 0.256 e. The molecule has 6 nitrogen and oxygen atoms in total. The summed E-state index contributed by atoms with van der Waals surface area (Å²) in [4.78, 5) is 22.2. The topological polar surface area (TPSA) is 83.6 Å². The van der Waals surface area contributed by atoms with Gasteiger partial charge in [0.1, 0.15) is 0 Å². The van der Waals surface area contributed by atoms with Crippen LogP contribution in [0.15, 0.2) is 72.9 Å². The van der Waals surface area contributed by atoms with Crippen LogP contribution in [0.5, 0.6) is 0 Å². The zero-order valence-corrected chi connectivity index (χ0v) is 15.7. The Morgan fingerprint density at radius 2 is 1.76 bits per heavy atom. The van der Waals surface area contributed by atoms with Crippen molar-refractivity contribution in [1.82, 2.24) is 20.2 Å². The zero-order valence-electron chi connectivity index (χ0n) is 15.7. The highest BCUT2D eigenvalue weighted by Gasteiger charge is 2.15. The number of amides is 1. The van der Waals surface area contributed by atoms with E-state index in [9.17, 15) is 4.79 Å². The molecular formula is C23H17N5O. The molecule has 1 amide bonds. The number of rotatable bonds is 3. The molecule has 0 radical (unpaired) electrons. The number of para-hydroxylation sites is 1. The van der Waals surface area contributed by atoms with Crippen LogP contribution in [0.2, 0.25) is 0 Å². The molecule has 0 spiro atoms. The first-order valence-corrected chi connectivity index (χ1v) is 9.26. The molecule has 2 aromatic carbocycles. The van der Waals surface area contributed by atoms with Crippen LogP contribution in [-0.2, 0) is 0 Å². The monoisotopic (exact) mass is 379 g/mol. The number of fused-ring (bicyclic) bond motifs is 2. The summed E-state index contributed by atoms with van der Waals surface area (Å²) in [7, 11) is 0. The lowest BCUT2D eigenvalue weighted by molar-refractivity contribution is 0.102. The number of anilines is 1. The summed E-state index contributed by atoms with van der Waals surface area (Å²) in [5, 5.41) is 12.0. The van der Waals surface area contributed by atoms with Crippen LogP contribution in [0, 0.1) is 6.92 Å². The maximum atomic E-state index is 13.2. The molecule has 0 saturated heterocycles. The third-order valence-corrected chi connectivity index (χ3v) is 4.89. The van der Waals surface area contributed by atoms with Crippen molar-refractivity contribution in [2.45, 2.75) is 6.92 Å². The van der Waals surface area contributed by atoms with E-state index in [2.05, 4.69) is 25.5 Å². The second-order valence-corrected chi connectivity index (χ2v) is 6.82. The molecule has 29 heavy (non-hydrogen) atoms. The first-order chi connectivity index (χ1) is 14.2. The van der Waals surface area contributed by atoms with Crippen molar-refractivity contribution in [3.8, 4) is 11.4 Å². The van der Waals surface area contributed by atoms with Crippen LogP contribution in [0.1, 0.15) is 16.1 Å². The molecule has 5 rings (SSSR count). The predicted molar refractivity (Wildman–Crippen MR) is 114 cm³/mol. The van der Waals surface area contributed by atoms with Crippen molar-refractivity contribution in [1.29, 1.82) is 0 Å². The fraction of sp³-hybridized carbons (Fsp3) is 0.0435. The molecule has 0 aliphatic heterocycles. The van der Waals surface area contributed by atoms with E-state index in [1.807, 2.05) is 67.6 Å². The van der Waals surface area contributed by atoms with Gasteiger partial charge in [-0.25, -0.2) is 4.98 Å². The van der Waals surface area contributed by atoms with Gasteiger partial charge in [0.05, 0.1) is 28.0 Å². The average Bonchev–Trinajstić information content (AvgIpc) is 3.13. The van der Waals surface area contributed by atoms with Gasteiger partial charge in [-0.05, 0) is 49.4 Å². The van der Waals surface area contributed by atoms with Gasteiger partial charge in [0, 0.05) is 28.4 Å². The van der Waals surface area contributed by atoms with Crippen molar-refractivity contribution in [2.75, 3.05) is 5.32 Å². The van der Waals surface area contributed by atoms with Gasteiger partial charge in [0.25, 0.3) is 5.91 Å². The zero-order chi connectivity index (χ0) is 19.8. The lowest BCUT2D eigenvalue weighted by Crippen LogP contribution is -2.13. The SMILES string of the molecule is Cc1[nH]nc2cc(NC(=O)c3cc(-c4ccccn4)nc4ccccc34)ccc12. The number of carbonyl (C=O) groups is 1. The van der Waals surface area contributed by atoms with E-state index in [1.54, 1.807) is 12.3 Å². The second-order valence-electron chi connectivity index (χ2n) is 6.82. The maximum absolute atomic E-state index is 13.2. The van der Waals surface area contributed by atoms with Crippen LogP contribution < -0.4 is 5.32 Å². The predicted octanol–water partition coefficient (Wildman–Crippen LogP) is 4.73. The molecule has 3 heterocycles. The summed E-state index contributed by atoms with van der Waals surface area (Å²) >= 11 is 0. The average molecular weight is 379 g/mol. The molecule has 2 N–H and O–H groups in total. The van der Waals surface area contributed by atoms with Crippen LogP contribution in [0.3, 0.4) is 0 Å². The van der Waals surface area contributed by atoms with Gasteiger partial charge in [-0.1, -0.05) is 24.3 Å². The van der Waals surface area contributed by atoms with Gasteiger partial charge in [0.15, 0.2) is 0 Å². The van der Waals surface area contributed by atoms with Gasteiger partial charge in [0.2, 0.25) is 0 Å². The summed E-state index contributed by atoms with van der Waals surface area (Å²) in [5.41, 5.74) is 5.18. The first-order valence-electron chi connectivity index (χ1n) is 9.26. The summed E-state index contributed by atoms with van der Waals surface area (Å²) in [6.45, 7) is 1.97. The van der Waals surface area contributed by atoms with Gasteiger partial charge in [-0.2, -0.15) is 5.10 Å². The number of aromatic nitrogens is 4. The van der Waals surface area contributed by atoms with E-state index < -0.39 is 0 Å². The number of hydrogen-bond donors (Lipinski definition) is 2. The molecule has 0 fully saturated rings. The Balaban J connectivity index is 1.58. The molecule has 0 saturated carbocycles. The molecule has 6 heteroatoms. The summed E-state index contributed by atoms with van der Waals surface area (Å²) < 4.78 is 0. The van der Waals surface area contributed by atoms with Crippen LogP contribution >= 0.6 is 0 Å². The van der Waals surface area contributed by atoms with Crippen LogP contribution in [0.4, 0.5) is 5.69 Å². The molecule has 140 valence electrons. The van der Waals surface area contributed by atoms with Crippen LogP contribution in [-0.4, -0.2) is 26.1 Å². The van der Waals surface area contributed by atoms with E-state index in [-0.39, 0.29) is 5.91 Å². The molecule has 0 aliphatic rings. The van der Waals surface area contributed by atoms with Gasteiger partial charge in [-0.3, -0.25) is 14.9 Å². The Kier molecular flexibility index (Phi) is 4.02. The molecule has 3 aromatic heterocycles. The summed E-state index contributed by atoms with van der Waals surface area (Å²) in [6, 6.07) is 20.7. The lowest BCUT2D eigenvalue weighted by atomic mass is 10.1. The number of nitrogens with zero attached hydrogens (tertiary/aromatic N) is 3. The van der Waals surface area contributed by atoms with E-state index >= 15 is 0 Å². The van der Waals surface area contributed by atoms with E-state index in [0.29, 0.717) is 16.9 Å². The Labute approximate surface area is 166 Å². The largest absolute Gasteiger partial charge is 0.322 e. The number of benzene rings is 2. The molecule has 0 unspecified atom stereocenters. The van der Waals surface area contributed by atoms with Crippen molar-refractivity contribution >= 4 is 33.4 Å². The van der Waals surface area contributed by atoms with E-state index in [4.69, 9.17) is 0 Å².